The van der Waals surface area contributed by atoms with Crippen LogP contribution in [0.1, 0.15) is 43.1 Å². The van der Waals surface area contributed by atoms with Crippen molar-refractivity contribution in [3.63, 3.8) is 0 Å². The van der Waals surface area contributed by atoms with Crippen LogP contribution in [0.3, 0.4) is 0 Å². The molecule has 0 bridgehead atoms. The van der Waals surface area contributed by atoms with Gasteiger partial charge < -0.3 is 9.64 Å². The monoisotopic (exact) mass is 335 g/mol. The third kappa shape index (κ3) is 3.89. The van der Waals surface area contributed by atoms with E-state index in [0.29, 0.717) is 17.9 Å². The van der Waals surface area contributed by atoms with Gasteiger partial charge in [0.15, 0.2) is 0 Å². The zero-order valence-electron chi connectivity index (χ0n) is 14.2. The van der Waals surface area contributed by atoms with Crippen molar-refractivity contribution in [2.24, 2.45) is 5.92 Å². The van der Waals surface area contributed by atoms with Gasteiger partial charge in [0.25, 0.3) is 5.91 Å². The standard InChI is InChI=1S/C18H25NO3S/c1-5-10-22-18(21)15-11-23-17(12(2)3)19(15)16(20)14-9-7-6-8-13(14)4/h6-9,12,15,17H,5,10-11H2,1-4H3. The number of rotatable bonds is 5. The summed E-state index contributed by atoms with van der Waals surface area (Å²) in [5.74, 6) is 0.509. The zero-order valence-corrected chi connectivity index (χ0v) is 15.1. The van der Waals surface area contributed by atoms with Crippen molar-refractivity contribution in [1.29, 1.82) is 0 Å². The van der Waals surface area contributed by atoms with Gasteiger partial charge in [0, 0.05) is 11.3 Å². The molecule has 0 aliphatic carbocycles. The van der Waals surface area contributed by atoms with Crippen LogP contribution in [0.25, 0.3) is 0 Å². The van der Waals surface area contributed by atoms with Gasteiger partial charge in [-0.05, 0) is 30.9 Å². The molecule has 0 saturated carbocycles. The summed E-state index contributed by atoms with van der Waals surface area (Å²) in [6.07, 6.45) is 0.783. The summed E-state index contributed by atoms with van der Waals surface area (Å²) < 4.78 is 5.30. The molecule has 1 amide bonds. The van der Waals surface area contributed by atoms with Gasteiger partial charge in [0.1, 0.15) is 6.04 Å². The maximum atomic E-state index is 13.1. The molecule has 1 fully saturated rings. The molecule has 4 nitrogen and oxygen atoms in total. The number of aryl methyl sites for hydroxylation is 1. The summed E-state index contributed by atoms with van der Waals surface area (Å²) in [5.41, 5.74) is 1.59. The molecule has 1 aliphatic rings. The van der Waals surface area contributed by atoms with Gasteiger partial charge in [-0.1, -0.05) is 39.0 Å². The Balaban J connectivity index is 2.29. The number of benzene rings is 1. The summed E-state index contributed by atoms with van der Waals surface area (Å²) in [6, 6.07) is 7.03. The predicted octanol–water partition coefficient (Wildman–Crippen LogP) is 3.49. The number of hydrogen-bond donors (Lipinski definition) is 0. The second kappa shape index (κ2) is 7.86. The van der Waals surface area contributed by atoms with Crippen molar-refractivity contribution in [2.45, 2.75) is 45.5 Å². The van der Waals surface area contributed by atoms with Crippen LogP contribution in [0.15, 0.2) is 24.3 Å². The third-order valence-corrected chi connectivity index (χ3v) is 5.56. The SMILES string of the molecule is CCCOC(=O)C1CSC(C(C)C)N1C(=O)c1ccccc1C. The van der Waals surface area contributed by atoms with Crippen LogP contribution in [0.5, 0.6) is 0 Å². The number of hydrogen-bond acceptors (Lipinski definition) is 4. The molecule has 1 saturated heterocycles. The highest BCUT2D eigenvalue weighted by molar-refractivity contribution is 8.00. The van der Waals surface area contributed by atoms with Crippen LogP contribution in [-0.2, 0) is 9.53 Å². The summed E-state index contributed by atoms with van der Waals surface area (Å²) >= 11 is 1.66. The van der Waals surface area contributed by atoms with Gasteiger partial charge in [-0.25, -0.2) is 4.79 Å². The number of esters is 1. The minimum Gasteiger partial charge on any atom is -0.464 e. The molecule has 1 heterocycles. The highest BCUT2D eigenvalue weighted by Gasteiger charge is 2.44. The summed E-state index contributed by atoms with van der Waals surface area (Å²) in [7, 11) is 0. The van der Waals surface area contributed by atoms with E-state index in [2.05, 4.69) is 13.8 Å². The normalized spacial score (nSPS) is 20.8. The Kier molecular flexibility index (Phi) is 6.10. The second-order valence-electron chi connectivity index (χ2n) is 6.18. The van der Waals surface area contributed by atoms with Gasteiger partial charge in [-0.15, -0.1) is 11.8 Å². The zero-order chi connectivity index (χ0) is 17.0. The molecule has 1 aromatic rings. The van der Waals surface area contributed by atoms with Gasteiger partial charge >= 0.3 is 5.97 Å². The van der Waals surface area contributed by atoms with Crippen LogP contribution in [-0.4, -0.2) is 40.6 Å². The van der Waals surface area contributed by atoms with Gasteiger partial charge in [0.2, 0.25) is 0 Å². The summed E-state index contributed by atoms with van der Waals surface area (Å²) in [4.78, 5) is 27.2. The van der Waals surface area contributed by atoms with E-state index in [1.807, 2.05) is 38.1 Å². The first-order valence-corrected chi connectivity index (χ1v) is 9.18. The maximum Gasteiger partial charge on any atom is 0.329 e. The maximum absolute atomic E-state index is 13.1. The fraction of sp³-hybridized carbons (Fsp3) is 0.556. The smallest absolute Gasteiger partial charge is 0.329 e. The van der Waals surface area contributed by atoms with Crippen molar-refractivity contribution in [1.82, 2.24) is 4.90 Å². The Hall–Kier alpha value is -1.49. The van der Waals surface area contributed by atoms with E-state index >= 15 is 0 Å². The third-order valence-electron chi connectivity index (χ3n) is 3.94. The first kappa shape index (κ1) is 17.9. The number of amides is 1. The number of carbonyl (C=O) groups is 2. The highest BCUT2D eigenvalue weighted by Crippen LogP contribution is 2.36. The Bertz CT molecular complexity index is 573. The first-order chi connectivity index (χ1) is 11.0. The van der Waals surface area contributed by atoms with E-state index in [1.165, 1.54) is 0 Å². The van der Waals surface area contributed by atoms with E-state index in [1.54, 1.807) is 16.7 Å². The average Bonchev–Trinajstić information content (AvgIpc) is 2.97. The minimum absolute atomic E-state index is 0.00119. The van der Waals surface area contributed by atoms with Crippen molar-refractivity contribution in [2.75, 3.05) is 12.4 Å². The lowest BCUT2D eigenvalue weighted by atomic mass is 10.1. The Morgan fingerprint density at radius 2 is 2.04 bits per heavy atom. The highest BCUT2D eigenvalue weighted by atomic mass is 32.2. The molecule has 1 aliphatic heterocycles. The number of thioether (sulfide) groups is 1. The fourth-order valence-corrected chi connectivity index (χ4v) is 4.20. The molecule has 0 aromatic heterocycles. The molecule has 2 rings (SSSR count). The van der Waals surface area contributed by atoms with E-state index in [4.69, 9.17) is 4.74 Å². The van der Waals surface area contributed by atoms with E-state index in [9.17, 15) is 9.59 Å². The molecule has 5 heteroatoms. The van der Waals surface area contributed by atoms with Crippen LogP contribution in [0.4, 0.5) is 0 Å². The largest absolute Gasteiger partial charge is 0.464 e. The van der Waals surface area contributed by atoms with Crippen molar-refractivity contribution in [3.8, 4) is 0 Å². The van der Waals surface area contributed by atoms with E-state index in [0.717, 1.165) is 12.0 Å². The number of nitrogens with zero attached hydrogens (tertiary/aromatic N) is 1. The molecule has 0 spiro atoms. The molecule has 2 atom stereocenters. The molecule has 0 N–H and O–H groups in total. The van der Waals surface area contributed by atoms with Crippen LogP contribution < -0.4 is 0 Å². The molecular weight excluding hydrogens is 310 g/mol. The van der Waals surface area contributed by atoms with E-state index in [-0.39, 0.29) is 23.2 Å². The van der Waals surface area contributed by atoms with Crippen LogP contribution in [0, 0.1) is 12.8 Å². The number of carbonyl (C=O) groups excluding carboxylic acids is 2. The fourth-order valence-electron chi connectivity index (χ4n) is 2.73. The molecule has 23 heavy (non-hydrogen) atoms. The first-order valence-electron chi connectivity index (χ1n) is 8.13. The molecular formula is C18H25NO3S. The Labute approximate surface area is 142 Å². The van der Waals surface area contributed by atoms with Crippen molar-refractivity contribution < 1.29 is 14.3 Å². The number of ether oxygens (including phenoxy) is 1. The summed E-state index contributed by atoms with van der Waals surface area (Å²) in [5, 5.41) is 0.00119. The average molecular weight is 335 g/mol. The Morgan fingerprint density at radius 3 is 2.65 bits per heavy atom. The minimum atomic E-state index is -0.494. The van der Waals surface area contributed by atoms with Crippen LogP contribution >= 0.6 is 11.8 Å². The molecule has 2 unspecified atom stereocenters. The topological polar surface area (TPSA) is 46.6 Å². The van der Waals surface area contributed by atoms with Crippen LogP contribution in [0.2, 0.25) is 0 Å². The lowest BCUT2D eigenvalue weighted by molar-refractivity contribution is -0.148. The molecule has 126 valence electrons. The molecule has 0 radical (unpaired) electrons. The quantitative estimate of drug-likeness (QED) is 0.773. The van der Waals surface area contributed by atoms with Crippen molar-refractivity contribution >= 4 is 23.6 Å². The second-order valence-corrected chi connectivity index (χ2v) is 7.33. The van der Waals surface area contributed by atoms with Crippen molar-refractivity contribution in [3.05, 3.63) is 35.4 Å². The lowest BCUT2D eigenvalue weighted by Crippen LogP contribution is -2.48. The van der Waals surface area contributed by atoms with E-state index < -0.39 is 6.04 Å². The predicted molar refractivity (Wildman–Crippen MR) is 93.5 cm³/mol. The Morgan fingerprint density at radius 1 is 1.35 bits per heavy atom. The molecule has 1 aromatic carbocycles. The van der Waals surface area contributed by atoms with Gasteiger partial charge in [0.05, 0.1) is 12.0 Å². The van der Waals surface area contributed by atoms with Gasteiger partial charge in [-0.2, -0.15) is 0 Å². The lowest BCUT2D eigenvalue weighted by Gasteiger charge is -2.31. The van der Waals surface area contributed by atoms with Gasteiger partial charge in [-0.3, -0.25) is 4.79 Å². The summed E-state index contributed by atoms with van der Waals surface area (Å²) in [6.45, 7) is 8.44.